The summed E-state index contributed by atoms with van der Waals surface area (Å²) in [6, 6.07) is 0. The molecule has 0 saturated carbocycles. The molecule has 1 radical (unpaired) electrons. The fourth-order valence-corrected chi connectivity index (χ4v) is 2.24. The second-order valence-corrected chi connectivity index (χ2v) is 9.48. The Labute approximate surface area is 64.2 Å². The highest BCUT2D eigenvalue weighted by atomic mass is 32.9. The van der Waals surface area contributed by atoms with E-state index < -0.39 is 5.47 Å². The van der Waals surface area contributed by atoms with Crippen LogP contribution in [0.15, 0.2) is 0 Å². The molecule has 0 spiro atoms. The van der Waals surface area contributed by atoms with Gasteiger partial charge in [0.25, 0.3) is 0 Å². The SMILES string of the molecule is COP(C)(=S)SC[C]=O. The van der Waals surface area contributed by atoms with Crippen LogP contribution in [0.25, 0.3) is 0 Å². The zero-order valence-electron chi connectivity index (χ0n) is 5.29. The minimum Gasteiger partial charge on any atom is -0.345 e. The van der Waals surface area contributed by atoms with Gasteiger partial charge in [0.2, 0.25) is 6.29 Å². The average Bonchev–Trinajstić information content (AvgIpc) is 1.84. The molecular weight excluding hydrogens is 175 g/mol. The van der Waals surface area contributed by atoms with E-state index in [1.807, 2.05) is 6.66 Å². The van der Waals surface area contributed by atoms with E-state index in [1.165, 1.54) is 11.4 Å². The highest BCUT2D eigenvalue weighted by Gasteiger charge is 2.06. The fourth-order valence-electron chi connectivity index (χ4n) is 0.196. The van der Waals surface area contributed by atoms with Crippen LogP contribution in [-0.4, -0.2) is 25.8 Å². The minimum absolute atomic E-state index is 0.321. The Balaban J connectivity index is 3.58. The first-order chi connectivity index (χ1) is 4.12. The summed E-state index contributed by atoms with van der Waals surface area (Å²) in [4.78, 5) is 9.74. The first kappa shape index (κ1) is 9.63. The molecular formula is C4H8O2PS2. The van der Waals surface area contributed by atoms with Crippen LogP contribution in [0.1, 0.15) is 0 Å². The molecule has 9 heavy (non-hydrogen) atoms. The maximum Gasteiger partial charge on any atom is 0.209 e. The van der Waals surface area contributed by atoms with Crippen molar-refractivity contribution in [3.8, 4) is 0 Å². The lowest BCUT2D eigenvalue weighted by Crippen LogP contribution is -1.80. The highest BCUT2D eigenvalue weighted by Crippen LogP contribution is 2.55. The summed E-state index contributed by atoms with van der Waals surface area (Å²) < 4.78 is 4.95. The van der Waals surface area contributed by atoms with E-state index in [1.54, 1.807) is 13.4 Å². The van der Waals surface area contributed by atoms with E-state index >= 15 is 0 Å². The van der Waals surface area contributed by atoms with Crippen molar-refractivity contribution in [2.75, 3.05) is 19.5 Å². The third-order valence-corrected chi connectivity index (χ3v) is 5.71. The molecule has 0 saturated heterocycles. The number of hydrogen-bond acceptors (Lipinski definition) is 4. The van der Waals surface area contributed by atoms with Crippen LogP contribution in [0.4, 0.5) is 0 Å². The topological polar surface area (TPSA) is 26.3 Å². The molecule has 0 rings (SSSR count). The second kappa shape index (κ2) is 4.45. The quantitative estimate of drug-likeness (QED) is 0.616. The Morgan fingerprint density at radius 1 is 1.89 bits per heavy atom. The molecule has 0 N–H and O–H groups in total. The van der Waals surface area contributed by atoms with Gasteiger partial charge in [-0.15, -0.1) is 0 Å². The number of hydrogen-bond donors (Lipinski definition) is 0. The van der Waals surface area contributed by atoms with E-state index in [9.17, 15) is 4.79 Å². The zero-order chi connectivity index (χ0) is 7.33. The lowest BCUT2D eigenvalue weighted by molar-refractivity contribution is 0.474. The van der Waals surface area contributed by atoms with E-state index in [4.69, 9.17) is 16.3 Å². The number of rotatable bonds is 4. The zero-order valence-corrected chi connectivity index (χ0v) is 7.81. The summed E-state index contributed by atoms with van der Waals surface area (Å²) in [6.45, 7) is 1.84. The van der Waals surface area contributed by atoms with Gasteiger partial charge < -0.3 is 4.52 Å². The maximum atomic E-state index is 9.74. The molecule has 1 atom stereocenters. The molecule has 53 valence electrons. The van der Waals surface area contributed by atoms with Crippen molar-refractivity contribution in [1.29, 1.82) is 0 Å². The summed E-state index contributed by atoms with van der Waals surface area (Å²) in [5, 5.41) is 0. The van der Waals surface area contributed by atoms with Crippen LogP contribution in [0, 0.1) is 0 Å². The van der Waals surface area contributed by atoms with Crippen molar-refractivity contribution in [2.24, 2.45) is 0 Å². The molecule has 0 bridgehead atoms. The van der Waals surface area contributed by atoms with E-state index in [0.29, 0.717) is 5.75 Å². The highest BCUT2D eigenvalue weighted by molar-refractivity contribution is 8.69. The van der Waals surface area contributed by atoms with Gasteiger partial charge in [0.1, 0.15) is 5.47 Å². The lowest BCUT2D eigenvalue weighted by Gasteiger charge is -2.09. The van der Waals surface area contributed by atoms with Crippen molar-refractivity contribution in [2.45, 2.75) is 0 Å². The van der Waals surface area contributed by atoms with E-state index in [2.05, 4.69) is 0 Å². The first-order valence-corrected chi connectivity index (χ1v) is 7.01. The van der Waals surface area contributed by atoms with E-state index in [-0.39, 0.29) is 0 Å². The molecule has 2 nitrogen and oxygen atoms in total. The first-order valence-electron chi connectivity index (χ1n) is 2.25. The molecule has 0 aliphatic carbocycles. The maximum absolute atomic E-state index is 9.74. The molecule has 5 heteroatoms. The number of carbonyl (C=O) groups excluding carboxylic acids is 1. The molecule has 0 fully saturated rings. The molecule has 0 aromatic carbocycles. The van der Waals surface area contributed by atoms with Gasteiger partial charge in [-0.05, 0) is 6.66 Å². The summed E-state index contributed by atoms with van der Waals surface area (Å²) in [7, 11) is 1.57. The molecule has 1 unspecified atom stereocenters. The van der Waals surface area contributed by atoms with Crippen molar-refractivity contribution in [3.05, 3.63) is 0 Å². The van der Waals surface area contributed by atoms with Gasteiger partial charge in [0.15, 0.2) is 0 Å². The van der Waals surface area contributed by atoms with Crippen molar-refractivity contribution in [3.63, 3.8) is 0 Å². The summed E-state index contributed by atoms with van der Waals surface area (Å²) in [5.74, 6) is 0.321. The Bertz CT molecular complexity index is 137. The molecule has 0 amide bonds. The molecule has 0 heterocycles. The van der Waals surface area contributed by atoms with Gasteiger partial charge in [0.05, 0.1) is 5.75 Å². The molecule has 0 aromatic heterocycles. The van der Waals surface area contributed by atoms with Gasteiger partial charge in [0, 0.05) is 7.11 Å². The summed E-state index contributed by atoms with van der Waals surface area (Å²) >= 11 is 6.34. The third kappa shape index (κ3) is 5.09. The average molecular weight is 183 g/mol. The van der Waals surface area contributed by atoms with Crippen LogP contribution in [0.3, 0.4) is 0 Å². The fraction of sp³-hybridized carbons (Fsp3) is 0.750. The van der Waals surface area contributed by atoms with E-state index in [0.717, 1.165) is 0 Å². The Kier molecular flexibility index (Phi) is 4.76. The predicted octanol–water partition coefficient (Wildman–Crippen LogP) is 1.41. The van der Waals surface area contributed by atoms with Crippen LogP contribution in [-0.2, 0) is 21.1 Å². The van der Waals surface area contributed by atoms with Crippen molar-refractivity contribution >= 4 is 34.9 Å². The second-order valence-electron chi connectivity index (χ2n) is 1.37. The third-order valence-electron chi connectivity index (χ3n) is 0.690. The van der Waals surface area contributed by atoms with Crippen LogP contribution < -0.4 is 0 Å². The van der Waals surface area contributed by atoms with Crippen LogP contribution in [0.2, 0.25) is 0 Å². The monoisotopic (exact) mass is 183 g/mol. The van der Waals surface area contributed by atoms with Gasteiger partial charge in [-0.1, -0.05) is 23.2 Å². The Morgan fingerprint density at radius 2 is 2.44 bits per heavy atom. The van der Waals surface area contributed by atoms with Crippen LogP contribution >= 0.6 is 16.8 Å². The van der Waals surface area contributed by atoms with Gasteiger partial charge in [-0.2, -0.15) is 0 Å². The predicted molar refractivity (Wildman–Crippen MR) is 45.4 cm³/mol. The summed E-state index contributed by atoms with van der Waals surface area (Å²) in [6.07, 6.45) is 1.75. The Morgan fingerprint density at radius 3 is 2.78 bits per heavy atom. The van der Waals surface area contributed by atoms with Crippen molar-refractivity contribution in [1.82, 2.24) is 0 Å². The van der Waals surface area contributed by atoms with Crippen LogP contribution in [0.5, 0.6) is 0 Å². The lowest BCUT2D eigenvalue weighted by atomic mass is 10.9. The molecule has 0 aliphatic heterocycles. The smallest absolute Gasteiger partial charge is 0.209 e. The van der Waals surface area contributed by atoms with Gasteiger partial charge in [-0.25, -0.2) is 0 Å². The largest absolute Gasteiger partial charge is 0.345 e. The van der Waals surface area contributed by atoms with Crippen molar-refractivity contribution < 1.29 is 9.32 Å². The molecule has 0 aromatic rings. The Hall–Kier alpha value is 0.630. The molecule has 0 aliphatic rings. The van der Waals surface area contributed by atoms with Gasteiger partial charge >= 0.3 is 0 Å². The summed E-state index contributed by atoms with van der Waals surface area (Å²) in [5.41, 5.74) is -1.70. The standard InChI is InChI=1S/C4H8O2PS2/c1-6-7(2,8)9-4-3-5/h4H2,1-2H3. The normalized spacial score (nSPS) is 16.7. The van der Waals surface area contributed by atoms with Gasteiger partial charge in [-0.3, -0.25) is 4.79 Å². The minimum atomic E-state index is -1.70.